The van der Waals surface area contributed by atoms with Crippen molar-refractivity contribution in [1.29, 1.82) is 0 Å². The van der Waals surface area contributed by atoms with Crippen LogP contribution in [0.2, 0.25) is 0 Å². The van der Waals surface area contributed by atoms with Gasteiger partial charge in [-0.1, -0.05) is 44.6 Å². The summed E-state index contributed by atoms with van der Waals surface area (Å²) in [5, 5.41) is 0. The highest BCUT2D eigenvalue weighted by Gasteiger charge is 1.90. The predicted molar refractivity (Wildman–Crippen MR) is 43.4 cm³/mol. The Morgan fingerprint density at radius 2 is 2.22 bits per heavy atom. The zero-order valence-electron chi connectivity index (χ0n) is 6.65. The summed E-state index contributed by atoms with van der Waals surface area (Å²) in [5.41, 5.74) is 1.28. The van der Waals surface area contributed by atoms with Gasteiger partial charge in [0.25, 0.3) is 0 Å². The third-order valence-electron chi connectivity index (χ3n) is 1.51. The van der Waals surface area contributed by atoms with Crippen molar-refractivity contribution in [2.75, 3.05) is 0 Å². The SMILES string of the molecule is C=CC(C)=CC(C)CC. The Morgan fingerprint density at radius 1 is 1.67 bits per heavy atom. The van der Waals surface area contributed by atoms with Crippen LogP contribution in [0, 0.1) is 5.92 Å². The molecule has 1 unspecified atom stereocenters. The first kappa shape index (κ1) is 8.48. The summed E-state index contributed by atoms with van der Waals surface area (Å²) in [6.07, 6.45) is 5.35. The average molecular weight is 124 g/mol. The summed E-state index contributed by atoms with van der Waals surface area (Å²) in [7, 11) is 0. The highest BCUT2D eigenvalue weighted by Crippen LogP contribution is 2.06. The smallest absolute Gasteiger partial charge is 0.0259 e. The van der Waals surface area contributed by atoms with Crippen LogP contribution in [-0.4, -0.2) is 0 Å². The molecule has 0 fully saturated rings. The third-order valence-corrected chi connectivity index (χ3v) is 1.51. The molecule has 0 heterocycles. The van der Waals surface area contributed by atoms with E-state index in [4.69, 9.17) is 0 Å². The first-order valence-electron chi connectivity index (χ1n) is 3.51. The van der Waals surface area contributed by atoms with E-state index in [0.717, 1.165) is 0 Å². The van der Waals surface area contributed by atoms with Crippen LogP contribution in [0.25, 0.3) is 0 Å². The second-order valence-electron chi connectivity index (χ2n) is 2.50. The van der Waals surface area contributed by atoms with Crippen LogP contribution < -0.4 is 0 Å². The summed E-state index contributed by atoms with van der Waals surface area (Å²) >= 11 is 0. The maximum atomic E-state index is 3.68. The summed E-state index contributed by atoms with van der Waals surface area (Å²) in [4.78, 5) is 0. The van der Waals surface area contributed by atoms with E-state index >= 15 is 0 Å². The Bertz CT molecular complexity index is 109. The summed E-state index contributed by atoms with van der Waals surface area (Å²) < 4.78 is 0. The van der Waals surface area contributed by atoms with Crippen LogP contribution in [0.4, 0.5) is 0 Å². The molecule has 0 aromatic rings. The molecule has 52 valence electrons. The van der Waals surface area contributed by atoms with Gasteiger partial charge in [0.2, 0.25) is 0 Å². The number of rotatable bonds is 3. The average Bonchev–Trinajstić information content (AvgIpc) is 1.87. The second kappa shape index (κ2) is 4.37. The second-order valence-corrected chi connectivity index (χ2v) is 2.50. The maximum absolute atomic E-state index is 3.68. The molecule has 0 nitrogen and oxygen atoms in total. The van der Waals surface area contributed by atoms with Gasteiger partial charge < -0.3 is 0 Å². The predicted octanol–water partition coefficient (Wildman–Crippen LogP) is 3.16. The highest BCUT2D eigenvalue weighted by atomic mass is 14.0. The van der Waals surface area contributed by atoms with E-state index < -0.39 is 0 Å². The van der Waals surface area contributed by atoms with Crippen molar-refractivity contribution < 1.29 is 0 Å². The first-order chi connectivity index (χ1) is 4.20. The number of hydrogen-bond donors (Lipinski definition) is 0. The standard InChI is InChI=1S/C9H16/c1-5-8(3)7-9(4)6-2/h5,7,9H,1,6H2,2-4H3. The monoisotopic (exact) mass is 124 g/mol. The molecule has 0 rings (SSSR count). The molecule has 9 heavy (non-hydrogen) atoms. The van der Waals surface area contributed by atoms with Gasteiger partial charge in [0.1, 0.15) is 0 Å². The van der Waals surface area contributed by atoms with Gasteiger partial charge in [-0.15, -0.1) is 0 Å². The lowest BCUT2D eigenvalue weighted by Gasteiger charge is -2.00. The molecule has 0 radical (unpaired) electrons. The topological polar surface area (TPSA) is 0 Å². The largest absolute Gasteiger partial charge is 0.0988 e. The van der Waals surface area contributed by atoms with Crippen molar-refractivity contribution in [3.05, 3.63) is 24.3 Å². The lowest BCUT2D eigenvalue weighted by molar-refractivity contribution is 0.694. The van der Waals surface area contributed by atoms with Gasteiger partial charge in [-0.3, -0.25) is 0 Å². The molecular formula is C9H16. The number of allylic oxidation sites excluding steroid dienone is 3. The van der Waals surface area contributed by atoms with Crippen molar-refractivity contribution in [2.45, 2.75) is 27.2 Å². The minimum absolute atomic E-state index is 0.697. The fourth-order valence-corrected chi connectivity index (χ4v) is 0.635. The van der Waals surface area contributed by atoms with Gasteiger partial charge in [0, 0.05) is 0 Å². The van der Waals surface area contributed by atoms with E-state index in [2.05, 4.69) is 33.4 Å². The Hall–Kier alpha value is -0.520. The van der Waals surface area contributed by atoms with Crippen LogP contribution in [0.3, 0.4) is 0 Å². The normalized spacial score (nSPS) is 15.2. The molecule has 0 saturated carbocycles. The van der Waals surface area contributed by atoms with Crippen molar-refractivity contribution in [2.24, 2.45) is 5.92 Å². The molecule has 0 aliphatic carbocycles. The van der Waals surface area contributed by atoms with Gasteiger partial charge in [-0.25, -0.2) is 0 Å². The van der Waals surface area contributed by atoms with Crippen LogP contribution in [0.15, 0.2) is 24.3 Å². The molecule has 0 heteroatoms. The minimum Gasteiger partial charge on any atom is -0.0988 e. The van der Waals surface area contributed by atoms with Crippen molar-refractivity contribution >= 4 is 0 Å². The van der Waals surface area contributed by atoms with E-state index in [-0.39, 0.29) is 0 Å². The Balaban J connectivity index is 3.78. The molecular weight excluding hydrogens is 108 g/mol. The highest BCUT2D eigenvalue weighted by molar-refractivity contribution is 5.13. The third kappa shape index (κ3) is 4.01. The number of hydrogen-bond acceptors (Lipinski definition) is 0. The van der Waals surface area contributed by atoms with Gasteiger partial charge in [-0.05, 0) is 12.8 Å². The van der Waals surface area contributed by atoms with E-state index in [9.17, 15) is 0 Å². The van der Waals surface area contributed by atoms with Gasteiger partial charge in [0.15, 0.2) is 0 Å². The molecule has 0 aromatic carbocycles. The fraction of sp³-hybridized carbons (Fsp3) is 0.556. The molecule has 0 aliphatic rings. The lowest BCUT2D eigenvalue weighted by atomic mass is 10.1. The molecule has 0 spiro atoms. The summed E-state index contributed by atoms with van der Waals surface area (Å²) in [6, 6.07) is 0. The first-order valence-corrected chi connectivity index (χ1v) is 3.51. The molecule has 0 amide bonds. The molecule has 1 atom stereocenters. The van der Waals surface area contributed by atoms with E-state index in [0.29, 0.717) is 5.92 Å². The molecule has 0 bridgehead atoms. The van der Waals surface area contributed by atoms with Crippen LogP contribution in [0.1, 0.15) is 27.2 Å². The van der Waals surface area contributed by atoms with E-state index in [1.165, 1.54) is 12.0 Å². The molecule has 0 aliphatic heterocycles. The van der Waals surface area contributed by atoms with Gasteiger partial charge in [0.05, 0.1) is 0 Å². The van der Waals surface area contributed by atoms with Crippen molar-refractivity contribution in [1.82, 2.24) is 0 Å². The Morgan fingerprint density at radius 3 is 2.56 bits per heavy atom. The summed E-state index contributed by atoms with van der Waals surface area (Å²) in [5.74, 6) is 0.697. The van der Waals surface area contributed by atoms with Crippen LogP contribution in [0.5, 0.6) is 0 Å². The zero-order chi connectivity index (χ0) is 7.28. The molecule has 0 saturated heterocycles. The van der Waals surface area contributed by atoms with Crippen LogP contribution >= 0.6 is 0 Å². The molecule has 0 aromatic heterocycles. The summed E-state index contributed by atoms with van der Waals surface area (Å²) in [6.45, 7) is 10.2. The van der Waals surface area contributed by atoms with Gasteiger partial charge in [-0.2, -0.15) is 0 Å². The quantitative estimate of drug-likeness (QED) is 0.507. The van der Waals surface area contributed by atoms with Crippen molar-refractivity contribution in [3.63, 3.8) is 0 Å². The molecule has 0 N–H and O–H groups in total. The van der Waals surface area contributed by atoms with E-state index in [1.54, 1.807) is 0 Å². The lowest BCUT2D eigenvalue weighted by Crippen LogP contribution is -1.85. The fourth-order valence-electron chi connectivity index (χ4n) is 0.635. The zero-order valence-corrected chi connectivity index (χ0v) is 6.65. The minimum atomic E-state index is 0.697. The van der Waals surface area contributed by atoms with Crippen molar-refractivity contribution in [3.8, 4) is 0 Å². The Labute approximate surface area is 58.3 Å². The van der Waals surface area contributed by atoms with Gasteiger partial charge >= 0.3 is 0 Å². The van der Waals surface area contributed by atoms with E-state index in [1.807, 2.05) is 6.08 Å². The van der Waals surface area contributed by atoms with Crippen LogP contribution in [-0.2, 0) is 0 Å². The maximum Gasteiger partial charge on any atom is -0.0259 e. The Kier molecular flexibility index (Phi) is 4.12.